The van der Waals surface area contributed by atoms with Crippen LogP contribution >= 0.6 is 24.0 Å². The number of fused-ring (bicyclic) bond motifs is 3. The molecule has 0 bridgehead atoms. The van der Waals surface area contributed by atoms with Gasteiger partial charge in [-0.15, -0.1) is 12.4 Å². The summed E-state index contributed by atoms with van der Waals surface area (Å²) < 4.78 is 6.39. The molecule has 1 atom stereocenters. The van der Waals surface area contributed by atoms with Crippen LogP contribution in [0.25, 0.3) is 0 Å². The van der Waals surface area contributed by atoms with Crippen LogP contribution in [0, 0.1) is 0 Å². The first-order chi connectivity index (χ1) is 9.66. The van der Waals surface area contributed by atoms with Crippen LogP contribution in [0.1, 0.15) is 16.7 Å². The molecule has 2 aliphatic rings. The smallest absolute Gasteiger partial charge is 0.151 e. The summed E-state index contributed by atoms with van der Waals surface area (Å²) >= 11 is 6.09. The molecule has 2 heterocycles. The molecule has 1 spiro atoms. The van der Waals surface area contributed by atoms with Crippen molar-refractivity contribution >= 4 is 24.0 Å². The highest BCUT2D eigenvalue weighted by molar-refractivity contribution is 6.30. The number of nitrogens with zero attached hydrogens (tertiary/aromatic N) is 1. The summed E-state index contributed by atoms with van der Waals surface area (Å²) in [6.45, 7) is 1.90. The Balaban J connectivity index is 0.00000132. The minimum absolute atomic E-state index is 0. The van der Waals surface area contributed by atoms with Gasteiger partial charge >= 0.3 is 0 Å². The molecule has 2 nitrogen and oxygen atoms in total. The van der Waals surface area contributed by atoms with Gasteiger partial charge < -0.3 is 4.74 Å². The van der Waals surface area contributed by atoms with Gasteiger partial charge in [-0.1, -0.05) is 41.9 Å². The lowest BCUT2D eigenvalue weighted by Crippen LogP contribution is -2.47. The largest absolute Gasteiger partial charge is 0.481 e. The number of ether oxygens (including phenoxy) is 1. The van der Waals surface area contributed by atoms with Crippen LogP contribution in [-0.2, 0) is 18.6 Å². The fourth-order valence-corrected chi connectivity index (χ4v) is 3.69. The number of benzene rings is 2. The molecule has 110 valence electrons. The lowest BCUT2D eigenvalue weighted by Gasteiger charge is -2.39. The van der Waals surface area contributed by atoms with Crippen molar-refractivity contribution in [1.82, 2.24) is 4.90 Å². The average Bonchev–Trinajstić information content (AvgIpc) is 2.76. The normalized spacial score (nSPS) is 23.1. The summed E-state index contributed by atoms with van der Waals surface area (Å²) in [5, 5.41) is 0.734. The molecular formula is C17H17Cl2NO. The molecule has 0 aliphatic carbocycles. The third-order valence-electron chi connectivity index (χ3n) is 4.28. The van der Waals surface area contributed by atoms with Crippen LogP contribution in [-0.4, -0.2) is 18.5 Å². The van der Waals surface area contributed by atoms with Crippen molar-refractivity contribution in [1.29, 1.82) is 0 Å². The summed E-state index contributed by atoms with van der Waals surface area (Å²) in [4.78, 5) is 2.33. The zero-order chi connectivity index (χ0) is 13.7. The van der Waals surface area contributed by atoms with Gasteiger partial charge in [-0.3, -0.25) is 4.90 Å². The summed E-state index contributed by atoms with van der Waals surface area (Å²) in [7, 11) is 2.15. The van der Waals surface area contributed by atoms with Crippen LogP contribution in [0.4, 0.5) is 0 Å². The van der Waals surface area contributed by atoms with Gasteiger partial charge in [-0.2, -0.15) is 0 Å². The van der Waals surface area contributed by atoms with Crippen LogP contribution in [0.3, 0.4) is 0 Å². The van der Waals surface area contributed by atoms with E-state index in [9.17, 15) is 0 Å². The number of likely N-dealkylation sites (N-methyl/N-ethyl adjacent to an activating group) is 1. The van der Waals surface area contributed by atoms with Crippen molar-refractivity contribution < 1.29 is 4.74 Å². The first-order valence-corrected chi connectivity index (χ1v) is 7.28. The van der Waals surface area contributed by atoms with Gasteiger partial charge in [-0.05, 0) is 30.3 Å². The Hall–Kier alpha value is -1.22. The highest BCUT2D eigenvalue weighted by Crippen LogP contribution is 2.45. The average molecular weight is 322 g/mol. The van der Waals surface area contributed by atoms with Gasteiger partial charge in [0.15, 0.2) is 5.60 Å². The number of rotatable bonds is 0. The quantitative estimate of drug-likeness (QED) is 0.726. The summed E-state index contributed by atoms with van der Waals surface area (Å²) in [5.41, 5.74) is 3.68. The minimum atomic E-state index is -0.253. The Morgan fingerprint density at radius 3 is 2.81 bits per heavy atom. The van der Waals surface area contributed by atoms with E-state index in [2.05, 4.69) is 42.3 Å². The van der Waals surface area contributed by atoms with E-state index < -0.39 is 0 Å². The Morgan fingerprint density at radius 1 is 1.14 bits per heavy atom. The van der Waals surface area contributed by atoms with Gasteiger partial charge in [0.2, 0.25) is 0 Å². The SMILES string of the molecule is CN1Cc2ccccc2C2(Cc3ccc(Cl)cc3O2)C1.Cl. The number of hydrogen-bond acceptors (Lipinski definition) is 2. The van der Waals surface area contributed by atoms with Crippen molar-refractivity contribution in [2.24, 2.45) is 0 Å². The highest BCUT2D eigenvalue weighted by atomic mass is 35.5. The van der Waals surface area contributed by atoms with E-state index >= 15 is 0 Å². The third kappa shape index (κ3) is 2.32. The molecule has 0 fully saturated rings. The molecule has 4 heteroatoms. The highest BCUT2D eigenvalue weighted by Gasteiger charge is 2.45. The first-order valence-electron chi connectivity index (χ1n) is 6.91. The molecule has 0 aromatic heterocycles. The van der Waals surface area contributed by atoms with E-state index in [4.69, 9.17) is 16.3 Å². The standard InChI is InChI=1S/C17H16ClNO.ClH/c1-19-10-13-4-2-3-5-15(13)17(11-19)9-12-6-7-14(18)8-16(12)20-17;/h2-8H,9-11H2,1H3;1H. The van der Waals surface area contributed by atoms with Crippen LogP contribution in [0.2, 0.25) is 5.02 Å². The van der Waals surface area contributed by atoms with E-state index in [1.807, 2.05) is 12.1 Å². The first kappa shape index (κ1) is 14.7. The molecule has 0 saturated carbocycles. The zero-order valence-corrected chi connectivity index (χ0v) is 13.4. The van der Waals surface area contributed by atoms with Gasteiger partial charge in [0, 0.05) is 30.1 Å². The maximum Gasteiger partial charge on any atom is 0.151 e. The second kappa shape index (κ2) is 5.20. The van der Waals surface area contributed by atoms with E-state index in [-0.39, 0.29) is 18.0 Å². The predicted molar refractivity (Wildman–Crippen MR) is 87.5 cm³/mol. The molecule has 21 heavy (non-hydrogen) atoms. The molecular weight excluding hydrogens is 305 g/mol. The summed E-state index contributed by atoms with van der Waals surface area (Å²) in [6, 6.07) is 14.6. The molecule has 2 aromatic carbocycles. The molecule has 2 aromatic rings. The third-order valence-corrected chi connectivity index (χ3v) is 4.52. The van der Waals surface area contributed by atoms with Crippen LogP contribution in [0.15, 0.2) is 42.5 Å². The molecule has 0 N–H and O–H groups in total. The topological polar surface area (TPSA) is 12.5 Å². The van der Waals surface area contributed by atoms with Crippen LogP contribution < -0.4 is 4.74 Å². The van der Waals surface area contributed by atoms with E-state index in [1.54, 1.807) is 0 Å². The zero-order valence-electron chi connectivity index (χ0n) is 11.8. The molecule has 4 rings (SSSR count). The number of hydrogen-bond donors (Lipinski definition) is 0. The van der Waals surface area contributed by atoms with Crippen molar-refractivity contribution in [3.8, 4) is 5.75 Å². The van der Waals surface area contributed by atoms with E-state index in [0.29, 0.717) is 0 Å². The maximum atomic E-state index is 6.39. The minimum Gasteiger partial charge on any atom is -0.481 e. The maximum absolute atomic E-state index is 6.39. The van der Waals surface area contributed by atoms with E-state index in [0.717, 1.165) is 30.3 Å². The number of halogens is 2. The van der Waals surface area contributed by atoms with Crippen molar-refractivity contribution in [2.45, 2.75) is 18.6 Å². The predicted octanol–water partition coefficient (Wildman–Crippen LogP) is 4.04. The van der Waals surface area contributed by atoms with Gasteiger partial charge in [0.25, 0.3) is 0 Å². The molecule has 2 aliphatic heterocycles. The summed E-state index contributed by atoms with van der Waals surface area (Å²) in [5.74, 6) is 0.933. The second-order valence-electron chi connectivity index (χ2n) is 5.85. The Morgan fingerprint density at radius 2 is 1.95 bits per heavy atom. The Labute approximate surface area is 136 Å². The molecule has 0 radical (unpaired) electrons. The van der Waals surface area contributed by atoms with Gasteiger partial charge in [0.1, 0.15) is 5.75 Å². The van der Waals surface area contributed by atoms with Gasteiger partial charge in [0.05, 0.1) is 0 Å². The van der Waals surface area contributed by atoms with Crippen molar-refractivity contribution in [3.05, 3.63) is 64.2 Å². The Bertz CT molecular complexity index is 688. The molecule has 1 unspecified atom stereocenters. The summed E-state index contributed by atoms with van der Waals surface area (Å²) in [6.07, 6.45) is 0.918. The van der Waals surface area contributed by atoms with Crippen LogP contribution in [0.5, 0.6) is 5.75 Å². The lowest BCUT2D eigenvalue weighted by atomic mass is 9.83. The fraction of sp³-hybridized carbons (Fsp3) is 0.294. The van der Waals surface area contributed by atoms with Crippen molar-refractivity contribution in [2.75, 3.05) is 13.6 Å². The van der Waals surface area contributed by atoms with Gasteiger partial charge in [-0.25, -0.2) is 0 Å². The molecule has 0 saturated heterocycles. The Kier molecular flexibility index (Phi) is 3.64. The monoisotopic (exact) mass is 321 g/mol. The fourth-order valence-electron chi connectivity index (χ4n) is 3.53. The molecule has 0 amide bonds. The lowest BCUT2D eigenvalue weighted by molar-refractivity contribution is 0.0362. The van der Waals surface area contributed by atoms with E-state index in [1.165, 1.54) is 16.7 Å². The van der Waals surface area contributed by atoms with Crippen molar-refractivity contribution in [3.63, 3.8) is 0 Å². The second-order valence-corrected chi connectivity index (χ2v) is 6.29.